The van der Waals surface area contributed by atoms with Crippen LogP contribution in [0.15, 0.2) is 47.4 Å². The molecule has 0 unspecified atom stereocenters. The number of anilines is 1. The molecule has 2 aromatic rings. The Balaban J connectivity index is 2.25. The number of carbonyl (C=O) groups is 1. The fraction of sp³-hybridized carbons (Fsp3) is 0.350. The summed E-state index contributed by atoms with van der Waals surface area (Å²) in [5.74, 6) is -0.306. The van der Waals surface area contributed by atoms with E-state index < -0.39 is 10.0 Å². The third-order valence-electron chi connectivity index (χ3n) is 4.30. The predicted octanol–water partition coefficient (Wildman–Crippen LogP) is 4.39. The van der Waals surface area contributed by atoms with E-state index in [-0.39, 0.29) is 21.4 Å². The molecule has 5 nitrogen and oxygen atoms in total. The molecule has 0 aliphatic carbocycles. The topological polar surface area (TPSA) is 66.5 Å². The maximum absolute atomic E-state index is 12.8. The monoisotopic (exact) mass is 408 g/mol. The summed E-state index contributed by atoms with van der Waals surface area (Å²) in [5.41, 5.74) is 1.61. The Kier molecular flexibility index (Phi) is 7.27. The molecule has 0 fully saturated rings. The standard InChI is InChI=1S/C20H25ClN2O3S/c1-4-5-6-13-22-20(24)18-14-16(9-12-19(18)21)23(3)27(25,26)17-10-7-15(2)8-11-17/h7-12,14H,4-6,13H2,1-3H3,(H,22,24). The summed E-state index contributed by atoms with van der Waals surface area (Å²) >= 11 is 6.16. The second-order valence-electron chi connectivity index (χ2n) is 6.41. The molecule has 0 saturated carbocycles. The first kappa shape index (κ1) is 21.3. The minimum atomic E-state index is -3.73. The molecule has 0 aliphatic rings. The lowest BCUT2D eigenvalue weighted by atomic mass is 10.1. The average molecular weight is 409 g/mol. The summed E-state index contributed by atoms with van der Waals surface area (Å²) < 4.78 is 26.8. The third kappa shape index (κ3) is 5.23. The maximum Gasteiger partial charge on any atom is 0.264 e. The number of hydrogen-bond donors (Lipinski definition) is 1. The molecule has 0 heterocycles. The van der Waals surface area contributed by atoms with Gasteiger partial charge in [0.2, 0.25) is 0 Å². The number of sulfonamides is 1. The van der Waals surface area contributed by atoms with Gasteiger partial charge in [-0.15, -0.1) is 0 Å². The molecule has 2 rings (SSSR count). The number of rotatable bonds is 8. The van der Waals surface area contributed by atoms with E-state index in [1.54, 1.807) is 36.4 Å². The van der Waals surface area contributed by atoms with Crippen molar-refractivity contribution in [3.63, 3.8) is 0 Å². The van der Waals surface area contributed by atoms with Crippen LogP contribution in [0.5, 0.6) is 0 Å². The van der Waals surface area contributed by atoms with Crippen LogP contribution in [0, 0.1) is 6.92 Å². The Morgan fingerprint density at radius 1 is 1.11 bits per heavy atom. The summed E-state index contributed by atoms with van der Waals surface area (Å²) in [6.45, 7) is 4.54. The zero-order valence-electron chi connectivity index (χ0n) is 15.8. The van der Waals surface area contributed by atoms with Crippen molar-refractivity contribution in [2.75, 3.05) is 17.9 Å². The van der Waals surface area contributed by atoms with Crippen molar-refractivity contribution < 1.29 is 13.2 Å². The first-order valence-electron chi connectivity index (χ1n) is 8.90. The quantitative estimate of drug-likeness (QED) is 0.658. The van der Waals surface area contributed by atoms with Crippen LogP contribution in [0.25, 0.3) is 0 Å². The third-order valence-corrected chi connectivity index (χ3v) is 6.43. The SMILES string of the molecule is CCCCCNC(=O)c1cc(N(C)S(=O)(=O)c2ccc(C)cc2)ccc1Cl. The lowest BCUT2D eigenvalue weighted by Crippen LogP contribution is -2.28. The van der Waals surface area contributed by atoms with Gasteiger partial charge in [-0.2, -0.15) is 0 Å². The highest BCUT2D eigenvalue weighted by atomic mass is 35.5. The van der Waals surface area contributed by atoms with Gasteiger partial charge in [-0.3, -0.25) is 9.10 Å². The smallest absolute Gasteiger partial charge is 0.264 e. The number of nitrogens with zero attached hydrogens (tertiary/aromatic N) is 1. The highest BCUT2D eigenvalue weighted by Gasteiger charge is 2.22. The van der Waals surface area contributed by atoms with Crippen molar-refractivity contribution in [2.45, 2.75) is 38.0 Å². The van der Waals surface area contributed by atoms with Crippen molar-refractivity contribution in [2.24, 2.45) is 0 Å². The Bertz CT molecular complexity index is 896. The van der Waals surface area contributed by atoms with Gasteiger partial charge in [0, 0.05) is 13.6 Å². The first-order chi connectivity index (χ1) is 12.8. The number of amides is 1. The zero-order valence-corrected chi connectivity index (χ0v) is 17.4. The lowest BCUT2D eigenvalue weighted by molar-refractivity contribution is 0.0953. The van der Waals surface area contributed by atoms with Crippen LogP contribution in [0.3, 0.4) is 0 Å². The van der Waals surface area contributed by atoms with Crippen LogP contribution in [0.4, 0.5) is 5.69 Å². The molecule has 0 radical (unpaired) electrons. The number of unbranched alkanes of at least 4 members (excludes halogenated alkanes) is 2. The van der Waals surface area contributed by atoms with Crippen LogP contribution in [-0.4, -0.2) is 27.9 Å². The number of benzene rings is 2. The van der Waals surface area contributed by atoms with Crippen molar-refractivity contribution in [1.82, 2.24) is 5.32 Å². The van der Waals surface area contributed by atoms with Crippen molar-refractivity contribution in [3.8, 4) is 0 Å². The van der Waals surface area contributed by atoms with Gasteiger partial charge in [0.15, 0.2) is 0 Å². The molecule has 27 heavy (non-hydrogen) atoms. The first-order valence-corrected chi connectivity index (χ1v) is 10.7. The molecule has 0 aromatic heterocycles. The number of carbonyl (C=O) groups excluding carboxylic acids is 1. The number of nitrogens with one attached hydrogen (secondary N) is 1. The summed E-state index contributed by atoms with van der Waals surface area (Å²) in [5, 5.41) is 3.11. The van der Waals surface area contributed by atoms with Crippen LogP contribution in [0.1, 0.15) is 42.1 Å². The van der Waals surface area contributed by atoms with Gasteiger partial charge >= 0.3 is 0 Å². The van der Waals surface area contributed by atoms with Gasteiger partial charge in [0.1, 0.15) is 0 Å². The molecule has 0 atom stereocenters. The molecule has 1 N–H and O–H groups in total. The van der Waals surface area contributed by atoms with E-state index >= 15 is 0 Å². The molecule has 1 amide bonds. The van der Waals surface area contributed by atoms with Crippen LogP contribution in [0.2, 0.25) is 5.02 Å². The Morgan fingerprint density at radius 3 is 2.41 bits per heavy atom. The predicted molar refractivity (Wildman–Crippen MR) is 110 cm³/mol. The molecule has 7 heteroatoms. The van der Waals surface area contributed by atoms with E-state index in [2.05, 4.69) is 12.2 Å². The van der Waals surface area contributed by atoms with E-state index in [4.69, 9.17) is 11.6 Å². The van der Waals surface area contributed by atoms with Gasteiger partial charge in [-0.1, -0.05) is 49.1 Å². The fourth-order valence-corrected chi connectivity index (χ4v) is 3.95. The average Bonchev–Trinajstić information content (AvgIpc) is 2.65. The van der Waals surface area contributed by atoms with E-state index in [0.29, 0.717) is 12.2 Å². The lowest BCUT2D eigenvalue weighted by Gasteiger charge is -2.20. The van der Waals surface area contributed by atoms with Gasteiger partial charge < -0.3 is 5.32 Å². The largest absolute Gasteiger partial charge is 0.352 e. The minimum absolute atomic E-state index is 0.191. The van der Waals surface area contributed by atoms with E-state index in [0.717, 1.165) is 29.1 Å². The molecule has 146 valence electrons. The van der Waals surface area contributed by atoms with Crippen molar-refractivity contribution in [3.05, 3.63) is 58.6 Å². The molecule has 2 aromatic carbocycles. The van der Waals surface area contributed by atoms with E-state index in [1.165, 1.54) is 13.1 Å². The Hall–Kier alpha value is -2.05. The molecule has 0 bridgehead atoms. The highest BCUT2D eigenvalue weighted by Crippen LogP contribution is 2.27. The van der Waals surface area contributed by atoms with E-state index in [9.17, 15) is 13.2 Å². The summed E-state index contributed by atoms with van der Waals surface area (Å²) in [6, 6.07) is 11.3. The summed E-state index contributed by atoms with van der Waals surface area (Å²) in [7, 11) is -2.27. The van der Waals surface area contributed by atoms with Crippen LogP contribution in [-0.2, 0) is 10.0 Å². The van der Waals surface area contributed by atoms with Gasteiger partial charge in [-0.05, 0) is 43.7 Å². The summed E-state index contributed by atoms with van der Waals surface area (Å²) in [4.78, 5) is 12.6. The van der Waals surface area contributed by atoms with Crippen LogP contribution >= 0.6 is 11.6 Å². The minimum Gasteiger partial charge on any atom is -0.352 e. The highest BCUT2D eigenvalue weighted by molar-refractivity contribution is 7.92. The fourth-order valence-electron chi connectivity index (χ4n) is 2.56. The second-order valence-corrected chi connectivity index (χ2v) is 8.79. The van der Waals surface area contributed by atoms with E-state index in [1.807, 2.05) is 6.92 Å². The molecular weight excluding hydrogens is 384 g/mol. The van der Waals surface area contributed by atoms with Crippen molar-refractivity contribution in [1.29, 1.82) is 0 Å². The second kappa shape index (κ2) is 9.24. The van der Waals surface area contributed by atoms with Gasteiger partial charge in [0.25, 0.3) is 15.9 Å². The maximum atomic E-state index is 12.8. The Morgan fingerprint density at radius 2 is 1.78 bits per heavy atom. The molecule has 0 spiro atoms. The van der Waals surface area contributed by atoms with Crippen molar-refractivity contribution >= 4 is 33.2 Å². The molecule has 0 aliphatic heterocycles. The molecule has 0 saturated heterocycles. The van der Waals surface area contributed by atoms with Gasteiger partial charge in [0.05, 0.1) is 21.2 Å². The number of halogens is 1. The number of aryl methyl sites for hydroxylation is 1. The molecular formula is C20H25ClN2O3S. The van der Waals surface area contributed by atoms with Gasteiger partial charge in [-0.25, -0.2) is 8.42 Å². The number of hydrogen-bond acceptors (Lipinski definition) is 3. The summed E-state index contributed by atoms with van der Waals surface area (Å²) in [6.07, 6.45) is 2.99. The Labute approximate surface area is 166 Å². The zero-order chi connectivity index (χ0) is 20.0. The van der Waals surface area contributed by atoms with Crippen LogP contribution < -0.4 is 9.62 Å². The normalized spacial score (nSPS) is 11.3.